The maximum atomic E-state index is 12.1. The Bertz CT molecular complexity index is 375. The van der Waals surface area contributed by atoms with Gasteiger partial charge < -0.3 is 9.84 Å². The molecule has 1 aliphatic heterocycles. The number of carboxylic acids is 1. The maximum absolute atomic E-state index is 12.1. The summed E-state index contributed by atoms with van der Waals surface area (Å²) in [6.07, 6.45) is 1.80. The highest BCUT2D eigenvalue weighted by atomic mass is 32.2. The molecule has 2 N–H and O–H groups in total. The number of carboxylic acid groups (broad SMARTS) is 1. The van der Waals surface area contributed by atoms with E-state index in [1.165, 1.54) is 0 Å². The molecule has 1 rings (SSSR count). The van der Waals surface area contributed by atoms with Crippen molar-refractivity contribution in [2.75, 3.05) is 13.2 Å². The number of hydrogen-bond donors (Lipinski definition) is 2. The van der Waals surface area contributed by atoms with E-state index in [1.54, 1.807) is 6.92 Å². The highest BCUT2D eigenvalue weighted by Crippen LogP contribution is 2.16. The molecule has 0 radical (unpaired) electrons. The quantitative estimate of drug-likeness (QED) is 0.742. The van der Waals surface area contributed by atoms with Crippen molar-refractivity contribution >= 4 is 16.0 Å². The molecule has 0 aromatic rings. The first-order chi connectivity index (χ1) is 8.38. The number of ether oxygens (including phenoxy) is 1. The zero-order valence-electron chi connectivity index (χ0n) is 10.8. The molecule has 6 nitrogen and oxygen atoms in total. The highest BCUT2D eigenvalue weighted by Gasteiger charge is 2.34. The zero-order chi connectivity index (χ0) is 13.8. The van der Waals surface area contributed by atoms with Gasteiger partial charge in [0, 0.05) is 6.61 Å². The van der Waals surface area contributed by atoms with Gasteiger partial charge in [-0.25, -0.2) is 13.1 Å². The smallest absolute Gasteiger partial charge is 0.322 e. The first-order valence-corrected chi connectivity index (χ1v) is 7.74. The fourth-order valence-electron chi connectivity index (χ4n) is 1.87. The lowest BCUT2D eigenvalue weighted by atomic mass is 10.0. The molecule has 1 saturated heterocycles. The molecule has 0 amide bonds. The Morgan fingerprint density at radius 1 is 1.56 bits per heavy atom. The van der Waals surface area contributed by atoms with E-state index in [1.807, 2.05) is 6.92 Å². The van der Waals surface area contributed by atoms with Gasteiger partial charge >= 0.3 is 5.97 Å². The van der Waals surface area contributed by atoms with Crippen molar-refractivity contribution in [2.45, 2.75) is 44.4 Å². The van der Waals surface area contributed by atoms with Crippen molar-refractivity contribution in [3.05, 3.63) is 0 Å². The Morgan fingerprint density at radius 3 is 2.67 bits per heavy atom. The number of aliphatic carboxylic acids is 1. The van der Waals surface area contributed by atoms with Gasteiger partial charge in [0.05, 0.1) is 11.9 Å². The van der Waals surface area contributed by atoms with Gasteiger partial charge in [-0.1, -0.05) is 20.3 Å². The van der Waals surface area contributed by atoms with E-state index in [0.717, 1.165) is 0 Å². The molecule has 1 aliphatic rings. The van der Waals surface area contributed by atoms with Gasteiger partial charge in [0.1, 0.15) is 6.04 Å². The summed E-state index contributed by atoms with van der Waals surface area (Å²) >= 11 is 0. The summed E-state index contributed by atoms with van der Waals surface area (Å²) < 4.78 is 31.6. The number of hydrogen-bond acceptors (Lipinski definition) is 4. The second-order valence-electron chi connectivity index (χ2n) is 4.70. The van der Waals surface area contributed by atoms with Crippen molar-refractivity contribution in [3.8, 4) is 0 Å². The third-order valence-corrected chi connectivity index (χ3v) is 5.16. The average molecular weight is 279 g/mol. The SMILES string of the molecule is CC[C@H](C)[C@H](NS(=O)(=O)C1CCCOC1)C(=O)O. The molecule has 1 heterocycles. The topological polar surface area (TPSA) is 92.7 Å². The molecular formula is C11H21NO5S. The van der Waals surface area contributed by atoms with Crippen molar-refractivity contribution in [3.63, 3.8) is 0 Å². The molecule has 0 spiro atoms. The standard InChI is InChI=1S/C11H21NO5S/c1-3-8(2)10(11(13)14)12-18(15,16)9-5-4-6-17-7-9/h8-10,12H,3-7H2,1-2H3,(H,13,14)/t8-,9?,10-/m0/s1. The van der Waals surface area contributed by atoms with Crippen molar-refractivity contribution in [1.29, 1.82) is 0 Å². The molecule has 3 atom stereocenters. The molecule has 1 unspecified atom stereocenters. The monoisotopic (exact) mass is 279 g/mol. The molecule has 0 aromatic heterocycles. The van der Waals surface area contributed by atoms with E-state index in [2.05, 4.69) is 4.72 Å². The fraction of sp³-hybridized carbons (Fsp3) is 0.909. The third kappa shape index (κ3) is 3.93. The second-order valence-corrected chi connectivity index (χ2v) is 6.70. The largest absolute Gasteiger partial charge is 0.480 e. The lowest BCUT2D eigenvalue weighted by molar-refractivity contribution is -0.140. The van der Waals surface area contributed by atoms with Crippen LogP contribution in [0.25, 0.3) is 0 Å². The predicted octanol–water partition coefficient (Wildman–Crippen LogP) is 0.584. The summed E-state index contributed by atoms with van der Waals surface area (Å²) in [7, 11) is -3.64. The Balaban J connectivity index is 2.75. The predicted molar refractivity (Wildman–Crippen MR) is 66.8 cm³/mol. The van der Waals surface area contributed by atoms with Crippen molar-refractivity contribution in [1.82, 2.24) is 4.72 Å². The first-order valence-electron chi connectivity index (χ1n) is 6.20. The number of carbonyl (C=O) groups is 1. The normalized spacial score (nSPS) is 24.4. The lowest BCUT2D eigenvalue weighted by Crippen LogP contribution is -2.49. The van der Waals surface area contributed by atoms with Crippen molar-refractivity contribution in [2.24, 2.45) is 5.92 Å². The van der Waals surface area contributed by atoms with Crippen LogP contribution in [-0.2, 0) is 19.6 Å². The van der Waals surface area contributed by atoms with Gasteiger partial charge in [-0.05, 0) is 18.8 Å². The molecule has 18 heavy (non-hydrogen) atoms. The van der Waals surface area contributed by atoms with Crippen LogP contribution in [0.1, 0.15) is 33.1 Å². The molecule has 0 saturated carbocycles. The Labute approximate surface area is 108 Å². The molecule has 0 aliphatic carbocycles. The van der Waals surface area contributed by atoms with Crippen molar-refractivity contribution < 1.29 is 23.1 Å². The Morgan fingerprint density at radius 2 is 2.22 bits per heavy atom. The summed E-state index contributed by atoms with van der Waals surface area (Å²) in [5.74, 6) is -1.38. The molecule has 7 heteroatoms. The van der Waals surface area contributed by atoms with E-state index in [4.69, 9.17) is 9.84 Å². The minimum atomic E-state index is -3.64. The summed E-state index contributed by atoms with van der Waals surface area (Å²) in [6, 6.07) is -1.07. The Kier molecular flexibility index (Phi) is 5.55. The van der Waals surface area contributed by atoms with E-state index in [0.29, 0.717) is 25.9 Å². The van der Waals surface area contributed by atoms with Crippen LogP contribution in [-0.4, -0.2) is 44.0 Å². The van der Waals surface area contributed by atoms with Crippen LogP contribution in [0.5, 0.6) is 0 Å². The highest BCUT2D eigenvalue weighted by molar-refractivity contribution is 7.90. The molecule has 0 bridgehead atoms. The van der Waals surface area contributed by atoms with E-state index in [9.17, 15) is 13.2 Å². The van der Waals surface area contributed by atoms with Crippen LogP contribution in [0.15, 0.2) is 0 Å². The number of sulfonamides is 1. The zero-order valence-corrected chi connectivity index (χ0v) is 11.6. The van der Waals surface area contributed by atoms with E-state index < -0.39 is 27.3 Å². The van der Waals surface area contributed by atoms with Gasteiger partial charge in [0.25, 0.3) is 0 Å². The number of rotatable bonds is 6. The van der Waals surface area contributed by atoms with E-state index in [-0.39, 0.29) is 12.5 Å². The number of nitrogens with one attached hydrogen (secondary N) is 1. The third-order valence-electron chi connectivity index (χ3n) is 3.33. The molecule has 0 aromatic carbocycles. The van der Waals surface area contributed by atoms with Gasteiger partial charge in [0.2, 0.25) is 10.0 Å². The van der Waals surface area contributed by atoms with Gasteiger partial charge in [0.15, 0.2) is 0 Å². The van der Waals surface area contributed by atoms with Gasteiger partial charge in [-0.3, -0.25) is 4.79 Å². The minimum Gasteiger partial charge on any atom is -0.480 e. The lowest BCUT2D eigenvalue weighted by Gasteiger charge is -2.26. The Hall–Kier alpha value is -0.660. The first kappa shape index (κ1) is 15.4. The molecular weight excluding hydrogens is 258 g/mol. The summed E-state index contributed by atoms with van der Waals surface area (Å²) in [6.45, 7) is 4.26. The van der Waals surface area contributed by atoms with Gasteiger partial charge in [-0.2, -0.15) is 0 Å². The van der Waals surface area contributed by atoms with Crippen LogP contribution >= 0.6 is 0 Å². The maximum Gasteiger partial charge on any atom is 0.322 e. The summed E-state index contributed by atoms with van der Waals surface area (Å²) in [5.41, 5.74) is 0. The average Bonchev–Trinajstić information content (AvgIpc) is 2.36. The van der Waals surface area contributed by atoms with E-state index >= 15 is 0 Å². The van der Waals surface area contributed by atoms with Crippen LogP contribution in [0, 0.1) is 5.92 Å². The molecule has 1 fully saturated rings. The second kappa shape index (κ2) is 6.49. The minimum absolute atomic E-state index is 0.141. The summed E-state index contributed by atoms with van der Waals surface area (Å²) in [5, 5.41) is 8.44. The van der Waals surface area contributed by atoms with Crippen LogP contribution in [0.4, 0.5) is 0 Å². The van der Waals surface area contributed by atoms with Gasteiger partial charge in [-0.15, -0.1) is 0 Å². The van der Waals surface area contributed by atoms with Crippen LogP contribution < -0.4 is 4.72 Å². The van der Waals surface area contributed by atoms with Crippen LogP contribution in [0.2, 0.25) is 0 Å². The van der Waals surface area contributed by atoms with Crippen LogP contribution in [0.3, 0.4) is 0 Å². The fourth-order valence-corrected chi connectivity index (χ4v) is 3.51. The molecule has 106 valence electrons. The summed E-state index contributed by atoms with van der Waals surface area (Å²) in [4.78, 5) is 11.1.